The monoisotopic (exact) mass is 818 g/mol. The third-order valence-corrected chi connectivity index (χ3v) is 14.9. The first kappa shape index (κ1) is 35.7. The molecule has 12 heteroatoms. The van der Waals surface area contributed by atoms with Crippen LogP contribution in [0.5, 0.6) is 11.5 Å². The molecule has 2 aromatic heterocycles. The molecule has 2 aliphatic heterocycles. The fourth-order valence-corrected chi connectivity index (χ4v) is 12.2. The lowest BCUT2D eigenvalue weighted by molar-refractivity contribution is 0.0203. The Bertz CT molecular complexity index is 2550. The first-order chi connectivity index (χ1) is 27.9. The number of rotatable bonds is 2. The van der Waals surface area contributed by atoms with Gasteiger partial charge in [-0.15, -0.1) is 22.7 Å². The SMILES string of the molecule is O=C1C(=Cc2cc3c(s2)-c2cc4c(cc2OC32CCCCC2)-c2sc(C=C3C(=O)c5cc(F)c(F)cc5C3=O)cc2C2(CCCCC2)O4)C(=O)c2cc(F)c(F)cc21. The van der Waals surface area contributed by atoms with Crippen molar-refractivity contribution < 1.29 is 46.2 Å². The molecule has 0 saturated heterocycles. The highest BCUT2D eigenvalue weighted by Crippen LogP contribution is 2.60. The van der Waals surface area contributed by atoms with Crippen LogP contribution in [0.1, 0.15) is 127 Å². The van der Waals surface area contributed by atoms with Gasteiger partial charge in [0.2, 0.25) is 0 Å². The molecule has 3 aromatic carbocycles. The van der Waals surface area contributed by atoms with Crippen LogP contribution in [-0.4, -0.2) is 23.1 Å². The molecule has 11 rings (SSSR count). The van der Waals surface area contributed by atoms with E-state index >= 15 is 0 Å². The lowest BCUT2D eigenvalue weighted by Crippen LogP contribution is -2.38. The average Bonchev–Trinajstić information content (AvgIpc) is 3.96. The Morgan fingerprint density at radius 3 is 1.10 bits per heavy atom. The Morgan fingerprint density at radius 2 is 0.776 bits per heavy atom. The van der Waals surface area contributed by atoms with E-state index in [2.05, 4.69) is 0 Å². The van der Waals surface area contributed by atoms with Gasteiger partial charge in [-0.3, -0.25) is 19.2 Å². The minimum absolute atomic E-state index is 0.148. The van der Waals surface area contributed by atoms with Crippen LogP contribution in [-0.2, 0) is 11.2 Å². The molecule has 4 heterocycles. The van der Waals surface area contributed by atoms with Crippen LogP contribution < -0.4 is 9.47 Å². The quantitative estimate of drug-likeness (QED) is 0.100. The number of hydrogen-bond acceptors (Lipinski definition) is 8. The molecule has 6 aliphatic rings. The van der Waals surface area contributed by atoms with Gasteiger partial charge in [0.05, 0.1) is 11.1 Å². The Kier molecular flexibility index (Phi) is 7.70. The summed E-state index contributed by atoms with van der Waals surface area (Å²) in [5.41, 5.74) is 1.31. The number of carbonyl (C=O) groups is 4. The molecule has 6 nitrogen and oxygen atoms in total. The van der Waals surface area contributed by atoms with Crippen molar-refractivity contribution >= 4 is 58.0 Å². The molecule has 4 aliphatic carbocycles. The number of carbonyl (C=O) groups excluding carboxylic acids is 4. The van der Waals surface area contributed by atoms with Crippen molar-refractivity contribution in [2.45, 2.75) is 75.4 Å². The number of ketones is 4. The molecule has 0 unspecified atom stereocenters. The third kappa shape index (κ3) is 5.06. The molecular weight excluding hydrogens is 789 g/mol. The molecule has 290 valence electrons. The van der Waals surface area contributed by atoms with E-state index in [4.69, 9.17) is 9.47 Å². The van der Waals surface area contributed by atoms with Gasteiger partial charge in [0.25, 0.3) is 0 Å². The highest BCUT2D eigenvalue weighted by molar-refractivity contribution is 7.17. The molecule has 0 amide bonds. The highest BCUT2D eigenvalue weighted by atomic mass is 32.1. The maximum atomic E-state index is 14.1. The topological polar surface area (TPSA) is 86.7 Å². The molecule has 2 fully saturated rings. The van der Waals surface area contributed by atoms with Gasteiger partial charge in [0, 0.05) is 64.0 Å². The molecule has 58 heavy (non-hydrogen) atoms. The van der Waals surface area contributed by atoms with Gasteiger partial charge in [-0.25, -0.2) is 17.6 Å². The van der Waals surface area contributed by atoms with Crippen LogP contribution in [0.15, 0.2) is 59.7 Å². The Morgan fingerprint density at radius 1 is 0.448 bits per heavy atom. The Hall–Kier alpha value is -5.46. The van der Waals surface area contributed by atoms with Crippen molar-refractivity contribution in [1.82, 2.24) is 0 Å². The summed E-state index contributed by atoms with van der Waals surface area (Å²) in [6.45, 7) is 0. The van der Waals surface area contributed by atoms with Gasteiger partial charge >= 0.3 is 0 Å². The molecule has 0 bridgehead atoms. The third-order valence-electron chi connectivity index (χ3n) is 12.6. The van der Waals surface area contributed by atoms with Crippen LogP contribution in [0, 0.1) is 23.3 Å². The summed E-state index contributed by atoms with van der Waals surface area (Å²) < 4.78 is 70.5. The minimum Gasteiger partial charge on any atom is -0.482 e. The fourth-order valence-electron chi connectivity index (χ4n) is 9.82. The predicted molar refractivity (Wildman–Crippen MR) is 210 cm³/mol. The van der Waals surface area contributed by atoms with Gasteiger partial charge in [0.1, 0.15) is 22.7 Å². The van der Waals surface area contributed by atoms with E-state index in [-0.39, 0.29) is 33.4 Å². The molecule has 5 aromatic rings. The van der Waals surface area contributed by atoms with Crippen LogP contribution in [0.3, 0.4) is 0 Å². The fraction of sp³-hybridized carbons (Fsp3) is 0.261. The van der Waals surface area contributed by atoms with E-state index in [9.17, 15) is 36.7 Å². The van der Waals surface area contributed by atoms with Gasteiger partial charge in [-0.2, -0.15) is 0 Å². The van der Waals surface area contributed by atoms with Crippen LogP contribution in [0.2, 0.25) is 0 Å². The maximum Gasteiger partial charge on any atom is 0.197 e. The number of Topliss-reactive ketones (excluding diaryl/α,β-unsaturated/α-hetero) is 4. The summed E-state index contributed by atoms with van der Waals surface area (Å²) in [7, 11) is 0. The number of ether oxygens (including phenoxy) is 2. The second-order valence-electron chi connectivity index (χ2n) is 16.0. The van der Waals surface area contributed by atoms with Gasteiger partial charge in [0.15, 0.2) is 46.4 Å². The summed E-state index contributed by atoms with van der Waals surface area (Å²) >= 11 is 2.85. The Balaban J connectivity index is 1.03. The van der Waals surface area contributed by atoms with Crippen molar-refractivity contribution in [3.8, 4) is 32.4 Å². The molecule has 0 radical (unpaired) electrons. The molecule has 0 N–H and O–H groups in total. The highest BCUT2D eigenvalue weighted by Gasteiger charge is 2.47. The van der Waals surface area contributed by atoms with E-state index in [0.717, 1.165) is 120 Å². The predicted octanol–water partition coefficient (Wildman–Crippen LogP) is 11.7. The van der Waals surface area contributed by atoms with Gasteiger partial charge < -0.3 is 9.47 Å². The lowest BCUT2D eigenvalue weighted by atomic mass is 9.76. The zero-order valence-corrected chi connectivity index (χ0v) is 32.3. The van der Waals surface area contributed by atoms with Crippen LogP contribution in [0.25, 0.3) is 33.0 Å². The first-order valence-corrected chi connectivity index (χ1v) is 21.0. The van der Waals surface area contributed by atoms with E-state index in [1.165, 1.54) is 34.8 Å². The number of halogens is 4. The van der Waals surface area contributed by atoms with Crippen molar-refractivity contribution in [3.05, 3.63) is 126 Å². The normalized spacial score (nSPS) is 19.3. The molecule has 2 saturated carbocycles. The standard InChI is InChI=1S/C46H30F4O6S2/c47-33-15-23-24(16-34(33)48)40(52)29(39(23)51)11-21-13-31-43(57-21)27-20-38-28(19-37(27)55-45(31)7-3-1-4-8-45)44-32(46(56-38)9-5-2-6-10-46)14-22(58-44)12-30-41(53)25-17-35(49)36(50)18-26(25)42(30)54/h11-20H,1-10H2. The summed E-state index contributed by atoms with van der Waals surface area (Å²) in [5, 5.41) is 0. The number of thiophene rings is 2. The first-order valence-electron chi connectivity index (χ1n) is 19.4. The maximum absolute atomic E-state index is 14.1. The van der Waals surface area contributed by atoms with Crippen molar-refractivity contribution in [1.29, 1.82) is 0 Å². The van der Waals surface area contributed by atoms with Crippen LogP contribution >= 0.6 is 22.7 Å². The summed E-state index contributed by atoms with van der Waals surface area (Å²) in [5.74, 6) is -6.04. The van der Waals surface area contributed by atoms with Gasteiger partial charge in [-0.1, -0.05) is 12.8 Å². The van der Waals surface area contributed by atoms with Crippen molar-refractivity contribution in [3.63, 3.8) is 0 Å². The number of hydrogen-bond donors (Lipinski definition) is 0. The van der Waals surface area contributed by atoms with E-state index in [1.807, 2.05) is 24.3 Å². The zero-order chi connectivity index (χ0) is 39.8. The number of fused-ring (bicyclic) bond motifs is 10. The Labute approximate surface area is 336 Å². The van der Waals surface area contributed by atoms with Gasteiger partial charge in [-0.05, 0) is 112 Å². The van der Waals surface area contributed by atoms with E-state index in [1.54, 1.807) is 0 Å². The second kappa shape index (κ2) is 12.5. The zero-order valence-electron chi connectivity index (χ0n) is 30.6. The smallest absolute Gasteiger partial charge is 0.197 e. The largest absolute Gasteiger partial charge is 0.482 e. The van der Waals surface area contributed by atoms with E-state index < -0.39 is 57.6 Å². The lowest BCUT2D eigenvalue weighted by Gasteiger charge is -2.44. The van der Waals surface area contributed by atoms with Crippen molar-refractivity contribution in [2.24, 2.45) is 0 Å². The average molecular weight is 819 g/mol. The van der Waals surface area contributed by atoms with Crippen molar-refractivity contribution in [2.75, 3.05) is 0 Å². The molecule has 2 spiro atoms. The minimum atomic E-state index is -1.19. The summed E-state index contributed by atoms with van der Waals surface area (Å²) in [6, 6.07) is 11.1. The number of benzene rings is 3. The second-order valence-corrected chi connectivity index (χ2v) is 18.2. The van der Waals surface area contributed by atoms with Crippen LogP contribution in [0.4, 0.5) is 17.6 Å². The summed E-state index contributed by atoms with van der Waals surface area (Å²) in [4.78, 5) is 56.5. The number of allylic oxidation sites excluding steroid dienone is 2. The molecule has 0 atom stereocenters. The summed E-state index contributed by atoms with van der Waals surface area (Å²) in [6.07, 6.45) is 11.9. The van der Waals surface area contributed by atoms with E-state index in [0.29, 0.717) is 21.3 Å². The molecular formula is C46H30F4O6S2.